The van der Waals surface area contributed by atoms with Crippen molar-refractivity contribution in [3.8, 4) is 11.8 Å². The summed E-state index contributed by atoms with van der Waals surface area (Å²) in [5, 5.41) is 2.48. The van der Waals surface area contributed by atoms with Crippen LogP contribution in [-0.4, -0.2) is 43.9 Å². The van der Waals surface area contributed by atoms with Crippen molar-refractivity contribution in [2.45, 2.75) is 6.92 Å². The molecule has 0 bridgehead atoms. The molecule has 1 aromatic rings. The molecule has 0 aliphatic carbocycles. The molecular formula is C13H17N3O2S. The second-order valence-corrected chi connectivity index (χ2v) is 5.02. The Morgan fingerprint density at radius 2 is 2.21 bits per heavy atom. The van der Waals surface area contributed by atoms with Gasteiger partial charge in [-0.25, -0.2) is 0 Å². The van der Waals surface area contributed by atoms with E-state index in [0.717, 1.165) is 10.4 Å². The Morgan fingerprint density at radius 3 is 2.79 bits per heavy atom. The first-order valence-electron chi connectivity index (χ1n) is 5.75. The minimum absolute atomic E-state index is 0.0378. The third kappa shape index (κ3) is 4.09. The molecule has 0 radical (unpaired) electrons. The summed E-state index contributed by atoms with van der Waals surface area (Å²) in [7, 11) is 3.13. The average Bonchev–Trinajstić information content (AvgIpc) is 2.76. The van der Waals surface area contributed by atoms with Gasteiger partial charge in [0.15, 0.2) is 0 Å². The molecule has 3 N–H and O–H groups in total. The first kappa shape index (κ1) is 15.2. The Kier molecular flexibility index (Phi) is 5.55. The second kappa shape index (κ2) is 6.92. The van der Waals surface area contributed by atoms with Gasteiger partial charge >= 0.3 is 0 Å². The van der Waals surface area contributed by atoms with Crippen LogP contribution in [0.2, 0.25) is 0 Å². The number of rotatable bonds is 3. The summed E-state index contributed by atoms with van der Waals surface area (Å²) in [4.78, 5) is 26.1. The Bertz CT molecular complexity index is 540. The van der Waals surface area contributed by atoms with Gasteiger partial charge in [-0.1, -0.05) is 11.8 Å². The van der Waals surface area contributed by atoms with Gasteiger partial charge in [-0.2, -0.15) is 0 Å². The molecule has 0 saturated carbocycles. The Hall–Kier alpha value is -1.84. The molecule has 6 heteroatoms. The van der Waals surface area contributed by atoms with Gasteiger partial charge in [0.1, 0.15) is 0 Å². The monoisotopic (exact) mass is 279 g/mol. The van der Waals surface area contributed by atoms with E-state index in [1.807, 2.05) is 6.92 Å². The van der Waals surface area contributed by atoms with E-state index in [0.29, 0.717) is 4.88 Å². The molecular weight excluding hydrogens is 262 g/mol. The molecule has 0 saturated heterocycles. The number of hydrogen-bond acceptors (Lipinski definition) is 4. The van der Waals surface area contributed by atoms with Crippen LogP contribution in [0.1, 0.15) is 20.1 Å². The van der Waals surface area contributed by atoms with Crippen molar-refractivity contribution in [3.63, 3.8) is 0 Å². The SMILES string of the molecule is CNC(=O)CN(C)C(=O)c1cc(C)c(C#CCN)s1. The van der Waals surface area contributed by atoms with Crippen LogP contribution < -0.4 is 11.1 Å². The normalized spacial score (nSPS) is 9.47. The highest BCUT2D eigenvalue weighted by Gasteiger charge is 2.17. The van der Waals surface area contributed by atoms with Gasteiger partial charge in [0.05, 0.1) is 22.8 Å². The van der Waals surface area contributed by atoms with Crippen LogP contribution in [0.25, 0.3) is 0 Å². The standard InChI is InChI=1S/C13H17N3O2S/c1-9-7-11(19-10(9)5-4-6-14)13(18)16(3)8-12(17)15-2/h7H,6,8,14H2,1-3H3,(H,15,17). The zero-order valence-electron chi connectivity index (χ0n) is 11.2. The molecule has 1 rings (SSSR count). The lowest BCUT2D eigenvalue weighted by atomic mass is 10.2. The summed E-state index contributed by atoms with van der Waals surface area (Å²) in [5.74, 6) is 5.32. The minimum atomic E-state index is -0.202. The van der Waals surface area contributed by atoms with E-state index in [2.05, 4.69) is 17.2 Å². The summed E-state index contributed by atoms with van der Waals surface area (Å²) in [5.41, 5.74) is 6.27. The van der Waals surface area contributed by atoms with Crippen LogP contribution in [0.5, 0.6) is 0 Å². The van der Waals surface area contributed by atoms with Crippen LogP contribution in [0.4, 0.5) is 0 Å². The van der Waals surface area contributed by atoms with Crippen molar-refractivity contribution >= 4 is 23.2 Å². The molecule has 102 valence electrons. The lowest BCUT2D eigenvalue weighted by Crippen LogP contribution is -2.36. The summed E-state index contributed by atoms with van der Waals surface area (Å²) >= 11 is 1.32. The van der Waals surface area contributed by atoms with Crippen molar-refractivity contribution in [1.29, 1.82) is 0 Å². The van der Waals surface area contributed by atoms with E-state index in [1.54, 1.807) is 13.1 Å². The molecule has 5 nitrogen and oxygen atoms in total. The molecule has 0 aliphatic heterocycles. The number of aryl methyl sites for hydroxylation is 1. The Balaban J connectivity index is 2.85. The van der Waals surface area contributed by atoms with Crippen molar-refractivity contribution in [1.82, 2.24) is 10.2 Å². The van der Waals surface area contributed by atoms with Crippen LogP contribution in [0.3, 0.4) is 0 Å². The highest BCUT2D eigenvalue weighted by molar-refractivity contribution is 7.14. The fraction of sp³-hybridized carbons (Fsp3) is 0.385. The molecule has 19 heavy (non-hydrogen) atoms. The number of carbonyl (C=O) groups is 2. The van der Waals surface area contributed by atoms with Gasteiger partial charge in [0, 0.05) is 14.1 Å². The first-order valence-corrected chi connectivity index (χ1v) is 6.56. The molecule has 0 fully saturated rings. The van der Waals surface area contributed by atoms with E-state index >= 15 is 0 Å². The lowest BCUT2D eigenvalue weighted by molar-refractivity contribution is -0.121. The predicted molar refractivity (Wildman–Crippen MR) is 76.0 cm³/mol. The van der Waals surface area contributed by atoms with Crippen molar-refractivity contribution in [2.75, 3.05) is 27.2 Å². The van der Waals surface area contributed by atoms with Crippen molar-refractivity contribution < 1.29 is 9.59 Å². The smallest absolute Gasteiger partial charge is 0.264 e. The van der Waals surface area contributed by atoms with Gasteiger partial charge in [-0.3, -0.25) is 9.59 Å². The molecule has 0 spiro atoms. The number of nitrogens with one attached hydrogen (secondary N) is 1. The first-order chi connectivity index (χ1) is 8.99. The second-order valence-electron chi connectivity index (χ2n) is 3.96. The average molecular weight is 279 g/mol. The van der Waals surface area contributed by atoms with Crippen LogP contribution >= 0.6 is 11.3 Å². The molecule has 0 atom stereocenters. The molecule has 2 amide bonds. The maximum absolute atomic E-state index is 12.1. The highest BCUT2D eigenvalue weighted by Crippen LogP contribution is 2.22. The summed E-state index contributed by atoms with van der Waals surface area (Å²) in [6.45, 7) is 2.22. The van der Waals surface area contributed by atoms with E-state index in [4.69, 9.17) is 5.73 Å². The zero-order chi connectivity index (χ0) is 14.4. The van der Waals surface area contributed by atoms with Crippen LogP contribution in [0.15, 0.2) is 6.07 Å². The number of thiophene rings is 1. The highest BCUT2D eigenvalue weighted by atomic mass is 32.1. The van der Waals surface area contributed by atoms with Gasteiger partial charge in [-0.05, 0) is 18.6 Å². The lowest BCUT2D eigenvalue weighted by Gasteiger charge is -2.14. The van der Waals surface area contributed by atoms with E-state index in [-0.39, 0.29) is 24.9 Å². The summed E-state index contributed by atoms with van der Waals surface area (Å²) in [6, 6.07) is 1.79. The Labute approximate surface area is 116 Å². The number of likely N-dealkylation sites (N-methyl/N-ethyl adjacent to an activating group) is 2. The zero-order valence-corrected chi connectivity index (χ0v) is 12.1. The summed E-state index contributed by atoms with van der Waals surface area (Å²) < 4.78 is 0. The fourth-order valence-electron chi connectivity index (χ4n) is 1.40. The number of nitrogens with zero attached hydrogens (tertiary/aromatic N) is 1. The van der Waals surface area contributed by atoms with Gasteiger partial charge in [0.25, 0.3) is 5.91 Å². The maximum Gasteiger partial charge on any atom is 0.264 e. The topological polar surface area (TPSA) is 75.4 Å². The maximum atomic E-state index is 12.1. The van der Waals surface area contributed by atoms with E-state index in [9.17, 15) is 9.59 Å². The van der Waals surface area contributed by atoms with Crippen LogP contribution in [-0.2, 0) is 4.79 Å². The fourth-order valence-corrected chi connectivity index (χ4v) is 2.44. The number of hydrogen-bond donors (Lipinski definition) is 2. The largest absolute Gasteiger partial charge is 0.358 e. The Morgan fingerprint density at radius 1 is 1.53 bits per heavy atom. The third-order valence-electron chi connectivity index (χ3n) is 2.44. The minimum Gasteiger partial charge on any atom is -0.358 e. The summed E-state index contributed by atoms with van der Waals surface area (Å²) in [6.07, 6.45) is 0. The van der Waals surface area contributed by atoms with Crippen molar-refractivity contribution in [3.05, 3.63) is 21.4 Å². The van der Waals surface area contributed by atoms with Gasteiger partial charge in [-0.15, -0.1) is 11.3 Å². The van der Waals surface area contributed by atoms with Gasteiger partial charge in [0.2, 0.25) is 5.91 Å². The quantitative estimate of drug-likeness (QED) is 0.775. The van der Waals surface area contributed by atoms with E-state index < -0.39 is 0 Å². The molecule has 1 heterocycles. The molecule has 0 aliphatic rings. The third-order valence-corrected chi connectivity index (χ3v) is 3.58. The van der Waals surface area contributed by atoms with Crippen LogP contribution in [0, 0.1) is 18.8 Å². The number of amides is 2. The van der Waals surface area contributed by atoms with Crippen molar-refractivity contribution in [2.24, 2.45) is 5.73 Å². The molecule has 0 unspecified atom stereocenters. The number of nitrogens with two attached hydrogens (primary N) is 1. The molecule has 1 aromatic heterocycles. The molecule has 0 aromatic carbocycles. The van der Waals surface area contributed by atoms with E-state index in [1.165, 1.54) is 23.3 Å². The predicted octanol–water partition coefficient (Wildman–Crippen LogP) is 0.185. The number of carbonyl (C=O) groups excluding carboxylic acids is 2. The van der Waals surface area contributed by atoms with Gasteiger partial charge < -0.3 is 16.0 Å².